The minimum Gasteiger partial charge on any atom is -0.432 e. The molecule has 0 bridgehead atoms. The molecule has 228 valence electrons. The van der Waals surface area contributed by atoms with E-state index in [0.29, 0.717) is 0 Å². The standard InChI is InChI=1S/C21H32FN2O15P/c1-12(2)37-18(27)31-10-35-40(29,36-11-32-19(28)38-13(3)4)34-8-21(22)15-20(5,33-9-30-15)16(39-21)24-7-6-14(25)23-17(24)26/h6-7,12-13,15-17,26H,8-11H2,1-5H3,(H,23,25)/t15-,16+,17?,20+,21+/m0/s1. The molecule has 0 aromatic carbocycles. The van der Waals surface area contributed by atoms with Crippen molar-refractivity contribution >= 4 is 26.0 Å². The van der Waals surface area contributed by atoms with Crippen LogP contribution in [-0.4, -0.2) is 97.6 Å². The molecule has 5 atom stereocenters. The van der Waals surface area contributed by atoms with E-state index in [4.69, 9.17) is 37.3 Å². The van der Waals surface area contributed by atoms with Crippen LogP contribution in [0, 0.1) is 0 Å². The third-order valence-electron chi connectivity index (χ3n) is 5.40. The number of amides is 1. The van der Waals surface area contributed by atoms with Gasteiger partial charge in [-0.3, -0.25) is 9.32 Å². The Labute approximate surface area is 228 Å². The number of rotatable bonds is 12. The van der Waals surface area contributed by atoms with Crippen LogP contribution in [0.5, 0.6) is 0 Å². The van der Waals surface area contributed by atoms with Gasteiger partial charge in [-0.05, 0) is 34.6 Å². The Morgan fingerprint density at radius 1 is 1.15 bits per heavy atom. The quantitative estimate of drug-likeness (QED) is 0.185. The molecule has 2 fully saturated rings. The average Bonchev–Trinajstić information content (AvgIpc) is 3.33. The highest BCUT2D eigenvalue weighted by Crippen LogP contribution is 2.54. The maximum atomic E-state index is 16.2. The van der Waals surface area contributed by atoms with Crippen LogP contribution >= 0.6 is 7.82 Å². The summed E-state index contributed by atoms with van der Waals surface area (Å²) in [5, 5.41) is 12.5. The highest BCUT2D eigenvalue weighted by molar-refractivity contribution is 7.48. The fourth-order valence-electron chi connectivity index (χ4n) is 3.76. The first-order valence-corrected chi connectivity index (χ1v) is 13.4. The fourth-order valence-corrected chi connectivity index (χ4v) is 4.68. The SMILES string of the molecule is CC(C)OC(=O)OCOP(=O)(OCOC(=O)OC(C)C)OC[C@@]1(F)O[C@@H](N2C=CC(=O)NC2O)[C@]2(C)OCO[C@@H]21. The van der Waals surface area contributed by atoms with E-state index in [-0.39, 0.29) is 6.79 Å². The van der Waals surface area contributed by atoms with Gasteiger partial charge >= 0.3 is 20.1 Å². The van der Waals surface area contributed by atoms with Crippen LogP contribution in [0.25, 0.3) is 0 Å². The van der Waals surface area contributed by atoms with E-state index in [2.05, 4.69) is 14.8 Å². The zero-order valence-corrected chi connectivity index (χ0v) is 23.2. The van der Waals surface area contributed by atoms with Crippen LogP contribution in [0.2, 0.25) is 0 Å². The maximum Gasteiger partial charge on any atom is 0.510 e. The largest absolute Gasteiger partial charge is 0.510 e. The average molecular weight is 602 g/mol. The molecule has 3 heterocycles. The van der Waals surface area contributed by atoms with Crippen molar-refractivity contribution in [1.29, 1.82) is 0 Å². The Morgan fingerprint density at radius 2 is 1.73 bits per heavy atom. The van der Waals surface area contributed by atoms with Gasteiger partial charge in [0.05, 0.1) is 12.2 Å². The van der Waals surface area contributed by atoms with Crippen molar-refractivity contribution in [2.45, 2.75) is 77.0 Å². The number of halogens is 1. The Bertz CT molecular complexity index is 983. The van der Waals surface area contributed by atoms with E-state index in [1.165, 1.54) is 13.1 Å². The number of alkyl halides is 1. The predicted molar refractivity (Wildman–Crippen MR) is 124 cm³/mol. The summed E-state index contributed by atoms with van der Waals surface area (Å²) >= 11 is 0. The maximum absolute atomic E-state index is 16.2. The van der Waals surface area contributed by atoms with Crippen molar-refractivity contribution in [3.8, 4) is 0 Å². The topological polar surface area (TPSA) is 196 Å². The number of hydrogen-bond donors (Lipinski definition) is 2. The van der Waals surface area contributed by atoms with Gasteiger partial charge in [-0.2, -0.15) is 0 Å². The number of aliphatic hydroxyl groups is 1. The number of nitrogens with zero attached hydrogens (tertiary/aromatic N) is 1. The van der Waals surface area contributed by atoms with E-state index < -0.39 is 88.6 Å². The van der Waals surface area contributed by atoms with Crippen molar-refractivity contribution in [2.24, 2.45) is 0 Å². The summed E-state index contributed by atoms with van der Waals surface area (Å²) in [5.74, 6) is -3.49. The van der Waals surface area contributed by atoms with Crippen LogP contribution in [0.3, 0.4) is 0 Å². The number of phosphoric acid groups is 1. The summed E-state index contributed by atoms with van der Waals surface area (Å²) in [5.41, 5.74) is -1.55. The Hall–Kier alpha value is -2.57. The van der Waals surface area contributed by atoms with Gasteiger partial charge < -0.3 is 48.5 Å². The Balaban J connectivity index is 1.71. The molecule has 1 amide bonds. The lowest BCUT2D eigenvalue weighted by atomic mass is 9.95. The van der Waals surface area contributed by atoms with E-state index >= 15 is 4.39 Å². The first-order valence-electron chi connectivity index (χ1n) is 11.9. The smallest absolute Gasteiger partial charge is 0.432 e. The molecule has 3 aliphatic heterocycles. The molecule has 0 aromatic heterocycles. The minimum absolute atomic E-state index is 0.366. The van der Waals surface area contributed by atoms with Gasteiger partial charge in [0.25, 0.3) is 5.85 Å². The number of phosphoric ester groups is 1. The molecule has 1 unspecified atom stereocenters. The first kappa shape index (κ1) is 32.0. The van der Waals surface area contributed by atoms with Gasteiger partial charge in [-0.1, -0.05) is 0 Å². The lowest BCUT2D eigenvalue weighted by Crippen LogP contribution is -2.59. The molecule has 0 aliphatic carbocycles. The summed E-state index contributed by atoms with van der Waals surface area (Å²) in [4.78, 5) is 35.8. The summed E-state index contributed by atoms with van der Waals surface area (Å²) < 4.78 is 79.6. The van der Waals surface area contributed by atoms with Crippen molar-refractivity contribution in [1.82, 2.24) is 10.2 Å². The molecule has 40 heavy (non-hydrogen) atoms. The van der Waals surface area contributed by atoms with Crippen LogP contribution in [0.4, 0.5) is 14.0 Å². The summed E-state index contributed by atoms with van der Waals surface area (Å²) in [6.45, 7) is 4.07. The molecule has 2 N–H and O–H groups in total. The first-order chi connectivity index (χ1) is 18.7. The van der Waals surface area contributed by atoms with E-state index in [9.17, 15) is 24.1 Å². The van der Waals surface area contributed by atoms with Crippen molar-refractivity contribution in [2.75, 3.05) is 27.0 Å². The number of fused-ring (bicyclic) bond motifs is 1. The number of carbonyl (C=O) groups excluding carboxylic acids is 3. The van der Waals surface area contributed by atoms with Crippen LogP contribution < -0.4 is 5.32 Å². The van der Waals surface area contributed by atoms with Crippen molar-refractivity contribution in [3.05, 3.63) is 12.3 Å². The molecular weight excluding hydrogens is 570 g/mol. The number of hydrogen-bond acceptors (Lipinski definition) is 16. The van der Waals surface area contributed by atoms with Gasteiger partial charge in [0.15, 0.2) is 12.3 Å². The van der Waals surface area contributed by atoms with Gasteiger partial charge in [0, 0.05) is 12.3 Å². The molecule has 19 heteroatoms. The third-order valence-corrected chi connectivity index (χ3v) is 6.68. The monoisotopic (exact) mass is 602 g/mol. The van der Waals surface area contributed by atoms with E-state index in [1.54, 1.807) is 27.7 Å². The van der Waals surface area contributed by atoms with E-state index in [1.807, 2.05) is 0 Å². The van der Waals surface area contributed by atoms with Gasteiger partial charge in [0.2, 0.25) is 25.8 Å². The Morgan fingerprint density at radius 3 is 2.25 bits per heavy atom. The second-order valence-corrected chi connectivity index (χ2v) is 10.9. The van der Waals surface area contributed by atoms with Gasteiger partial charge in [-0.15, -0.1) is 0 Å². The van der Waals surface area contributed by atoms with Crippen LogP contribution in [-0.2, 0) is 56.1 Å². The zero-order chi connectivity index (χ0) is 29.7. The molecule has 0 spiro atoms. The van der Waals surface area contributed by atoms with Crippen molar-refractivity contribution < 1.29 is 75.2 Å². The van der Waals surface area contributed by atoms with Crippen LogP contribution in [0.1, 0.15) is 34.6 Å². The second-order valence-electron chi connectivity index (χ2n) is 9.23. The summed E-state index contributed by atoms with van der Waals surface area (Å²) in [6, 6.07) is 0. The van der Waals surface area contributed by atoms with E-state index in [0.717, 1.165) is 11.0 Å². The third kappa shape index (κ3) is 7.79. The lowest BCUT2D eigenvalue weighted by Gasteiger charge is -2.39. The second kappa shape index (κ2) is 12.9. The number of aliphatic hydroxyl groups excluding tert-OH is 1. The molecule has 0 saturated carbocycles. The Kier molecular flexibility index (Phi) is 10.3. The summed E-state index contributed by atoms with van der Waals surface area (Å²) in [7, 11) is -4.84. The highest BCUT2D eigenvalue weighted by atomic mass is 31.2. The predicted octanol–water partition coefficient (Wildman–Crippen LogP) is 1.56. The molecular formula is C21H32FN2O15P. The molecule has 3 aliphatic rings. The fraction of sp³-hybridized carbons (Fsp3) is 0.762. The molecule has 2 saturated heterocycles. The number of nitrogens with one attached hydrogen (secondary N) is 1. The number of ether oxygens (including phenoxy) is 7. The van der Waals surface area contributed by atoms with Crippen LogP contribution in [0.15, 0.2) is 12.3 Å². The summed E-state index contributed by atoms with van der Waals surface area (Å²) in [6.07, 6.45) is -5.63. The van der Waals surface area contributed by atoms with Gasteiger partial charge in [-0.25, -0.2) is 27.6 Å². The lowest BCUT2D eigenvalue weighted by molar-refractivity contribution is -0.250. The number of carbonyl (C=O) groups is 3. The molecule has 0 radical (unpaired) electrons. The molecule has 0 aromatic rings. The normalized spacial score (nSPS) is 29.9. The van der Waals surface area contributed by atoms with Crippen molar-refractivity contribution in [3.63, 3.8) is 0 Å². The van der Waals surface area contributed by atoms with Gasteiger partial charge in [0.1, 0.15) is 19.0 Å². The minimum atomic E-state index is -4.84. The zero-order valence-electron chi connectivity index (χ0n) is 22.3. The molecule has 17 nitrogen and oxygen atoms in total. The highest BCUT2D eigenvalue weighted by Gasteiger charge is 2.69. The molecule has 3 rings (SSSR count).